The third kappa shape index (κ3) is 4.44. The van der Waals surface area contributed by atoms with Gasteiger partial charge in [-0.2, -0.15) is 4.31 Å². The van der Waals surface area contributed by atoms with Crippen molar-refractivity contribution in [3.05, 3.63) is 63.7 Å². The Hall–Kier alpha value is -2.98. The summed E-state index contributed by atoms with van der Waals surface area (Å²) in [7, 11) is -2.02. The lowest BCUT2D eigenvalue weighted by Crippen LogP contribution is -2.37. The van der Waals surface area contributed by atoms with Gasteiger partial charge in [0, 0.05) is 51.0 Å². The van der Waals surface area contributed by atoms with Gasteiger partial charge in [-0.3, -0.25) is 14.9 Å². The van der Waals surface area contributed by atoms with Crippen molar-refractivity contribution >= 4 is 27.3 Å². The number of nitrogens with one attached hydrogen (secondary N) is 1. The molecule has 30 heavy (non-hydrogen) atoms. The minimum Gasteiger partial charge on any atom is -0.387 e. The van der Waals surface area contributed by atoms with Gasteiger partial charge in [0.1, 0.15) is 0 Å². The maximum absolute atomic E-state index is 13.1. The number of benzene rings is 2. The lowest BCUT2D eigenvalue weighted by atomic mass is 10.1. The predicted molar refractivity (Wildman–Crippen MR) is 113 cm³/mol. The normalized spacial score (nSPS) is 15.5. The molecule has 1 N–H and O–H groups in total. The Bertz CT molecular complexity index is 1050. The fraction of sp³-hybridized carbons (Fsp3) is 0.350. The summed E-state index contributed by atoms with van der Waals surface area (Å²) >= 11 is 0. The van der Waals surface area contributed by atoms with Gasteiger partial charge < -0.3 is 10.2 Å². The van der Waals surface area contributed by atoms with E-state index in [1.54, 1.807) is 36.2 Å². The lowest BCUT2D eigenvalue weighted by molar-refractivity contribution is -0.384. The molecule has 1 saturated heterocycles. The number of non-ortho nitro benzene ring substituents is 1. The molecule has 0 radical (unpaired) electrons. The molecule has 0 bridgehead atoms. The van der Waals surface area contributed by atoms with E-state index >= 15 is 0 Å². The molecule has 9 nitrogen and oxygen atoms in total. The van der Waals surface area contributed by atoms with Crippen molar-refractivity contribution in [2.45, 2.75) is 18.2 Å². The zero-order chi connectivity index (χ0) is 21.9. The largest absolute Gasteiger partial charge is 0.387 e. The van der Waals surface area contributed by atoms with E-state index in [0.717, 1.165) is 5.56 Å². The smallest absolute Gasteiger partial charge is 0.270 e. The van der Waals surface area contributed by atoms with Crippen molar-refractivity contribution in [3.63, 3.8) is 0 Å². The van der Waals surface area contributed by atoms with Gasteiger partial charge in [0.2, 0.25) is 10.0 Å². The lowest BCUT2D eigenvalue weighted by Gasteiger charge is -2.23. The number of amides is 1. The van der Waals surface area contributed by atoms with Crippen molar-refractivity contribution in [3.8, 4) is 0 Å². The van der Waals surface area contributed by atoms with Crippen LogP contribution < -0.4 is 5.32 Å². The minimum atomic E-state index is -3.65. The summed E-state index contributed by atoms with van der Waals surface area (Å²) in [6.07, 6.45) is 0.473. The Kier molecular flexibility index (Phi) is 6.37. The summed E-state index contributed by atoms with van der Waals surface area (Å²) in [6, 6.07) is 10.8. The molecule has 0 spiro atoms. The van der Waals surface area contributed by atoms with Crippen LogP contribution in [0.1, 0.15) is 22.3 Å². The Balaban J connectivity index is 1.80. The molecule has 0 unspecified atom stereocenters. The second-order valence-electron chi connectivity index (χ2n) is 7.10. The van der Waals surface area contributed by atoms with Crippen LogP contribution in [0.5, 0.6) is 0 Å². The van der Waals surface area contributed by atoms with Crippen LogP contribution in [0.15, 0.2) is 47.4 Å². The summed E-state index contributed by atoms with van der Waals surface area (Å²) in [4.78, 5) is 25.4. The zero-order valence-corrected chi connectivity index (χ0v) is 17.7. The van der Waals surface area contributed by atoms with Crippen molar-refractivity contribution < 1.29 is 18.1 Å². The fourth-order valence-corrected chi connectivity index (χ4v) is 4.88. The van der Waals surface area contributed by atoms with Crippen LogP contribution in [0.4, 0.5) is 11.4 Å². The van der Waals surface area contributed by atoms with E-state index in [4.69, 9.17) is 0 Å². The first-order chi connectivity index (χ1) is 14.2. The molecule has 0 aliphatic carbocycles. The predicted octanol–water partition coefficient (Wildman–Crippen LogP) is 2.48. The highest BCUT2D eigenvalue weighted by atomic mass is 32.2. The number of nitro groups is 1. The summed E-state index contributed by atoms with van der Waals surface area (Å²) in [6.45, 7) is 2.92. The molecule has 1 aliphatic rings. The van der Waals surface area contributed by atoms with Gasteiger partial charge in [-0.1, -0.05) is 17.7 Å². The minimum absolute atomic E-state index is 0.158. The number of nitrogens with zero attached hydrogens (tertiary/aromatic N) is 3. The second-order valence-corrected chi connectivity index (χ2v) is 9.04. The highest BCUT2D eigenvalue weighted by Gasteiger charge is 2.29. The summed E-state index contributed by atoms with van der Waals surface area (Å²) in [5, 5.41) is 14.0. The van der Waals surface area contributed by atoms with E-state index < -0.39 is 14.9 Å². The topological polar surface area (TPSA) is 113 Å². The summed E-state index contributed by atoms with van der Waals surface area (Å²) < 4.78 is 27.3. The first-order valence-corrected chi connectivity index (χ1v) is 11.0. The maximum Gasteiger partial charge on any atom is 0.270 e. The molecule has 10 heteroatoms. The van der Waals surface area contributed by atoms with Gasteiger partial charge in [-0.25, -0.2) is 8.42 Å². The SMILES string of the molecule is CNc1ccc([N+](=O)[O-])cc1C(=O)N1CCCN(S(=O)(=O)c2ccc(C)cc2)CC1. The van der Waals surface area contributed by atoms with Gasteiger partial charge in [0.25, 0.3) is 11.6 Å². The van der Waals surface area contributed by atoms with Crippen LogP contribution in [-0.2, 0) is 10.0 Å². The van der Waals surface area contributed by atoms with Gasteiger partial charge >= 0.3 is 0 Å². The van der Waals surface area contributed by atoms with Crippen LogP contribution >= 0.6 is 0 Å². The molecular formula is C20H24N4O5S. The third-order valence-corrected chi connectivity index (χ3v) is 7.03. The molecule has 0 aromatic heterocycles. The molecule has 3 rings (SSSR count). The average Bonchev–Trinajstić information content (AvgIpc) is 3.00. The van der Waals surface area contributed by atoms with Crippen molar-refractivity contribution in [2.24, 2.45) is 0 Å². The molecule has 160 valence electrons. The zero-order valence-electron chi connectivity index (χ0n) is 16.9. The molecule has 0 saturated carbocycles. The van der Waals surface area contributed by atoms with Gasteiger partial charge in [0.15, 0.2) is 0 Å². The quantitative estimate of drug-likeness (QED) is 0.574. The number of aryl methyl sites for hydroxylation is 1. The maximum atomic E-state index is 13.1. The van der Waals surface area contributed by atoms with Crippen LogP contribution in [0.2, 0.25) is 0 Å². The van der Waals surface area contributed by atoms with Crippen molar-refractivity contribution in [2.75, 3.05) is 38.5 Å². The highest BCUT2D eigenvalue weighted by molar-refractivity contribution is 7.89. The van der Waals surface area contributed by atoms with E-state index in [-0.39, 0.29) is 35.1 Å². The third-order valence-electron chi connectivity index (χ3n) is 5.11. The molecule has 1 fully saturated rings. The van der Waals surface area contributed by atoms with Crippen LogP contribution in [0.25, 0.3) is 0 Å². The number of hydrogen-bond donors (Lipinski definition) is 1. The molecule has 1 heterocycles. The Morgan fingerprint density at radius 2 is 1.77 bits per heavy atom. The van der Waals surface area contributed by atoms with Gasteiger partial charge in [0.05, 0.1) is 15.4 Å². The molecule has 0 atom stereocenters. The number of nitro benzene ring substituents is 1. The number of anilines is 1. The van der Waals surface area contributed by atoms with Crippen LogP contribution in [0, 0.1) is 17.0 Å². The standard InChI is InChI=1S/C20H24N4O5S/c1-15-4-7-17(8-5-15)30(28,29)23-11-3-10-22(12-13-23)20(25)18-14-16(24(26)27)6-9-19(18)21-2/h4-9,14,21H,3,10-13H2,1-2H3. The van der Waals surface area contributed by atoms with Crippen LogP contribution in [-0.4, -0.2) is 61.7 Å². The summed E-state index contributed by atoms with van der Waals surface area (Å²) in [5.41, 5.74) is 1.48. The monoisotopic (exact) mass is 432 g/mol. The van der Waals surface area contributed by atoms with E-state index in [9.17, 15) is 23.3 Å². The molecule has 1 amide bonds. The fourth-order valence-electron chi connectivity index (χ4n) is 3.41. The first-order valence-electron chi connectivity index (χ1n) is 9.56. The average molecular weight is 433 g/mol. The number of sulfonamides is 1. The number of carbonyl (C=O) groups excluding carboxylic acids is 1. The van der Waals surface area contributed by atoms with Gasteiger partial charge in [-0.05, 0) is 31.5 Å². The highest BCUT2D eigenvalue weighted by Crippen LogP contribution is 2.25. The van der Waals surface area contributed by atoms with E-state index in [2.05, 4.69) is 5.32 Å². The van der Waals surface area contributed by atoms with Crippen molar-refractivity contribution in [1.82, 2.24) is 9.21 Å². The number of carbonyl (C=O) groups is 1. The first kappa shape index (κ1) is 21.7. The summed E-state index contributed by atoms with van der Waals surface area (Å²) in [5.74, 6) is -0.363. The molecule has 2 aromatic carbocycles. The van der Waals surface area contributed by atoms with E-state index in [1.165, 1.54) is 22.5 Å². The Morgan fingerprint density at radius 3 is 2.40 bits per heavy atom. The molecular weight excluding hydrogens is 408 g/mol. The van der Waals surface area contributed by atoms with Gasteiger partial charge in [-0.15, -0.1) is 0 Å². The Labute approximate surface area is 175 Å². The van der Waals surface area contributed by atoms with E-state index in [1.807, 2.05) is 6.92 Å². The second kappa shape index (κ2) is 8.80. The van der Waals surface area contributed by atoms with Crippen molar-refractivity contribution in [1.29, 1.82) is 0 Å². The number of hydrogen-bond acceptors (Lipinski definition) is 6. The Morgan fingerprint density at radius 1 is 1.07 bits per heavy atom. The van der Waals surface area contributed by atoms with Crippen LogP contribution in [0.3, 0.4) is 0 Å². The number of rotatable bonds is 5. The molecule has 2 aromatic rings. The molecule has 1 aliphatic heterocycles. The van der Waals surface area contributed by atoms with E-state index in [0.29, 0.717) is 25.2 Å².